The zero-order valence-corrected chi connectivity index (χ0v) is 21.0. The van der Waals surface area contributed by atoms with Crippen LogP contribution in [0.1, 0.15) is 49.4 Å². The van der Waals surface area contributed by atoms with Crippen LogP contribution in [-0.2, 0) is 24.2 Å². The smallest absolute Gasteiger partial charge is 0.278 e. The van der Waals surface area contributed by atoms with E-state index in [1.807, 2.05) is 25.1 Å². The number of carbonyl (C=O) groups is 1. The summed E-state index contributed by atoms with van der Waals surface area (Å²) in [6.07, 6.45) is 5.46. The van der Waals surface area contributed by atoms with Gasteiger partial charge in [-0.25, -0.2) is 4.98 Å². The lowest BCUT2D eigenvalue weighted by atomic mass is 9.97. The second-order valence-electron chi connectivity index (χ2n) is 9.05. The standard InChI is InChI=1S/C25H31N5O4S/c1-3-34-20-11-10-16(13-21(20)33-2)14-26-22(31)17-7-6-12-29(15-17)25-28-30-23(32)18-8-4-5-9-19(18)27-24(30)35-25/h10-11,13,17H,3-9,12,14-15H2,1-2H3,(H,26,31). The number of nitrogens with zero attached hydrogens (tertiary/aromatic N) is 4. The van der Waals surface area contributed by atoms with Gasteiger partial charge in [-0.05, 0) is 63.1 Å². The predicted octanol–water partition coefficient (Wildman–Crippen LogP) is 2.97. The fraction of sp³-hybridized carbons (Fsp3) is 0.520. The number of anilines is 1. The molecule has 0 radical (unpaired) electrons. The van der Waals surface area contributed by atoms with E-state index < -0.39 is 0 Å². The topological polar surface area (TPSA) is 98.1 Å². The van der Waals surface area contributed by atoms with Crippen LogP contribution in [0, 0.1) is 5.92 Å². The van der Waals surface area contributed by atoms with Crippen LogP contribution in [0.4, 0.5) is 5.13 Å². The summed E-state index contributed by atoms with van der Waals surface area (Å²) in [6, 6.07) is 5.70. The third kappa shape index (κ3) is 4.84. The van der Waals surface area contributed by atoms with E-state index in [2.05, 4.69) is 15.3 Å². The molecule has 1 fully saturated rings. The molecule has 2 aromatic heterocycles. The Kier molecular flexibility index (Phi) is 6.90. The van der Waals surface area contributed by atoms with Crippen molar-refractivity contribution in [1.82, 2.24) is 19.9 Å². The van der Waals surface area contributed by atoms with Gasteiger partial charge in [0.15, 0.2) is 11.5 Å². The number of amides is 1. The molecule has 1 aliphatic carbocycles. The van der Waals surface area contributed by atoms with E-state index in [1.165, 1.54) is 15.9 Å². The normalized spacial score (nSPS) is 17.8. The van der Waals surface area contributed by atoms with Crippen LogP contribution in [-0.4, -0.2) is 47.3 Å². The van der Waals surface area contributed by atoms with E-state index in [-0.39, 0.29) is 17.4 Å². The average molecular weight is 498 g/mol. The molecular formula is C25H31N5O4S. The van der Waals surface area contributed by atoms with Gasteiger partial charge in [-0.3, -0.25) is 9.59 Å². The van der Waals surface area contributed by atoms with Gasteiger partial charge in [0.1, 0.15) is 0 Å². The van der Waals surface area contributed by atoms with Crippen LogP contribution in [0.3, 0.4) is 0 Å². The van der Waals surface area contributed by atoms with Crippen molar-refractivity contribution in [1.29, 1.82) is 0 Å². The van der Waals surface area contributed by atoms with E-state index in [0.717, 1.165) is 67.0 Å². The summed E-state index contributed by atoms with van der Waals surface area (Å²) in [7, 11) is 1.61. The molecule has 1 saturated heterocycles. The van der Waals surface area contributed by atoms with Gasteiger partial charge in [0.05, 0.1) is 25.3 Å². The number of fused-ring (bicyclic) bond motifs is 2. The molecule has 1 N–H and O–H groups in total. The van der Waals surface area contributed by atoms with Crippen molar-refractivity contribution in [3.05, 3.63) is 45.4 Å². The largest absolute Gasteiger partial charge is 0.493 e. The molecule has 5 rings (SSSR count). The number of nitrogens with one attached hydrogen (secondary N) is 1. The molecule has 3 aromatic rings. The molecule has 2 aliphatic rings. The predicted molar refractivity (Wildman–Crippen MR) is 135 cm³/mol. The first-order valence-electron chi connectivity index (χ1n) is 12.3. The zero-order chi connectivity index (χ0) is 24.4. The molecule has 9 nitrogen and oxygen atoms in total. The molecule has 3 heterocycles. The molecule has 1 aliphatic heterocycles. The first-order chi connectivity index (χ1) is 17.1. The van der Waals surface area contributed by atoms with E-state index in [9.17, 15) is 9.59 Å². The van der Waals surface area contributed by atoms with Crippen molar-refractivity contribution in [2.24, 2.45) is 5.92 Å². The van der Waals surface area contributed by atoms with Gasteiger partial charge >= 0.3 is 0 Å². The van der Waals surface area contributed by atoms with Gasteiger partial charge in [-0.1, -0.05) is 17.4 Å². The Balaban J connectivity index is 1.26. The van der Waals surface area contributed by atoms with Gasteiger partial charge in [-0.2, -0.15) is 4.52 Å². The molecule has 1 amide bonds. The molecular weight excluding hydrogens is 466 g/mol. The molecule has 0 saturated carbocycles. The van der Waals surface area contributed by atoms with Crippen molar-refractivity contribution < 1.29 is 14.3 Å². The van der Waals surface area contributed by atoms with Gasteiger partial charge in [0.2, 0.25) is 16.0 Å². The van der Waals surface area contributed by atoms with E-state index in [0.29, 0.717) is 36.2 Å². The second-order valence-corrected chi connectivity index (χ2v) is 9.98. The second kappa shape index (κ2) is 10.2. The molecule has 1 atom stereocenters. The Hall–Kier alpha value is -3.14. The lowest BCUT2D eigenvalue weighted by molar-refractivity contribution is -0.125. The highest BCUT2D eigenvalue weighted by molar-refractivity contribution is 7.20. The number of methoxy groups -OCH3 is 1. The molecule has 0 bridgehead atoms. The van der Waals surface area contributed by atoms with Crippen molar-refractivity contribution in [2.75, 3.05) is 31.7 Å². The Bertz CT molecular complexity index is 1290. The lowest BCUT2D eigenvalue weighted by Gasteiger charge is -2.31. The molecule has 35 heavy (non-hydrogen) atoms. The van der Waals surface area contributed by atoms with Crippen molar-refractivity contribution in [2.45, 2.75) is 52.0 Å². The highest BCUT2D eigenvalue weighted by Crippen LogP contribution is 2.29. The Morgan fingerprint density at radius 1 is 1.23 bits per heavy atom. The highest BCUT2D eigenvalue weighted by atomic mass is 32.1. The maximum Gasteiger partial charge on any atom is 0.278 e. The van der Waals surface area contributed by atoms with Crippen LogP contribution in [0.15, 0.2) is 23.0 Å². The highest BCUT2D eigenvalue weighted by Gasteiger charge is 2.28. The first-order valence-corrected chi connectivity index (χ1v) is 13.1. The number of piperidine rings is 1. The van der Waals surface area contributed by atoms with E-state index in [4.69, 9.17) is 14.5 Å². The summed E-state index contributed by atoms with van der Waals surface area (Å²) in [4.78, 5) is 33.4. The van der Waals surface area contributed by atoms with Gasteiger partial charge in [0, 0.05) is 25.2 Å². The summed E-state index contributed by atoms with van der Waals surface area (Å²) in [5.41, 5.74) is 2.65. The molecule has 10 heteroatoms. The van der Waals surface area contributed by atoms with E-state index >= 15 is 0 Å². The number of aryl methyl sites for hydroxylation is 1. The molecule has 0 spiro atoms. The number of aromatic nitrogens is 3. The Morgan fingerprint density at radius 3 is 2.91 bits per heavy atom. The number of rotatable bonds is 7. The lowest BCUT2D eigenvalue weighted by Crippen LogP contribution is -2.43. The van der Waals surface area contributed by atoms with Crippen LogP contribution < -0.4 is 25.2 Å². The summed E-state index contributed by atoms with van der Waals surface area (Å²) in [6.45, 7) is 4.30. The van der Waals surface area contributed by atoms with Gasteiger partial charge in [0.25, 0.3) is 5.56 Å². The third-order valence-electron chi connectivity index (χ3n) is 6.73. The number of benzene rings is 1. The molecule has 1 unspecified atom stereocenters. The summed E-state index contributed by atoms with van der Waals surface area (Å²) < 4.78 is 12.4. The number of hydrogen-bond acceptors (Lipinski definition) is 8. The van der Waals surface area contributed by atoms with E-state index in [1.54, 1.807) is 7.11 Å². The minimum atomic E-state index is -0.141. The van der Waals surface area contributed by atoms with Gasteiger partial charge in [-0.15, -0.1) is 5.10 Å². The SMILES string of the molecule is CCOc1ccc(CNC(=O)C2CCCN(c3nn4c(=O)c5c(nc4s3)CCCC5)C2)cc1OC. The Morgan fingerprint density at radius 2 is 2.09 bits per heavy atom. The number of hydrogen-bond donors (Lipinski definition) is 1. The maximum absolute atomic E-state index is 13.0. The summed E-state index contributed by atoms with van der Waals surface area (Å²) in [5, 5.41) is 8.43. The monoisotopic (exact) mass is 497 g/mol. The quantitative estimate of drug-likeness (QED) is 0.536. The summed E-state index contributed by atoms with van der Waals surface area (Å²) in [5.74, 6) is 1.23. The number of carbonyl (C=O) groups excluding carboxylic acids is 1. The minimum absolute atomic E-state index is 0.0226. The fourth-order valence-corrected chi connectivity index (χ4v) is 5.83. The number of ether oxygens (including phenoxy) is 2. The maximum atomic E-state index is 13.0. The first kappa shape index (κ1) is 23.6. The summed E-state index contributed by atoms with van der Waals surface area (Å²) >= 11 is 1.43. The average Bonchev–Trinajstić information content (AvgIpc) is 3.33. The fourth-order valence-electron chi connectivity index (χ4n) is 4.89. The Labute approximate surface area is 208 Å². The van der Waals surface area contributed by atoms with Gasteiger partial charge < -0.3 is 19.7 Å². The van der Waals surface area contributed by atoms with Crippen molar-refractivity contribution >= 4 is 27.3 Å². The van der Waals surface area contributed by atoms with Crippen molar-refractivity contribution in [3.8, 4) is 11.5 Å². The van der Waals surface area contributed by atoms with Crippen LogP contribution in [0.5, 0.6) is 11.5 Å². The van der Waals surface area contributed by atoms with Crippen LogP contribution >= 0.6 is 11.3 Å². The van der Waals surface area contributed by atoms with Crippen molar-refractivity contribution in [3.63, 3.8) is 0 Å². The molecule has 186 valence electrons. The van der Waals surface area contributed by atoms with Crippen LogP contribution in [0.2, 0.25) is 0 Å². The minimum Gasteiger partial charge on any atom is -0.493 e. The zero-order valence-electron chi connectivity index (χ0n) is 20.2. The van der Waals surface area contributed by atoms with Crippen LogP contribution in [0.25, 0.3) is 4.96 Å². The third-order valence-corrected chi connectivity index (χ3v) is 7.70. The molecule has 1 aromatic carbocycles.